The Morgan fingerprint density at radius 2 is 2.06 bits per heavy atom. The van der Waals surface area contributed by atoms with Gasteiger partial charge in [0, 0.05) is 17.7 Å². The first kappa shape index (κ1) is 12.7. The lowest BCUT2D eigenvalue weighted by molar-refractivity contribution is 0.0526. The molecule has 0 aliphatic rings. The highest BCUT2D eigenvalue weighted by atomic mass is 32.1. The van der Waals surface area contributed by atoms with Gasteiger partial charge in [-0.25, -0.2) is 4.79 Å². The van der Waals surface area contributed by atoms with Crippen molar-refractivity contribution in [1.82, 2.24) is 0 Å². The number of esters is 1. The van der Waals surface area contributed by atoms with Crippen LogP contribution >= 0.6 is 12.6 Å². The van der Waals surface area contributed by atoms with E-state index in [1.165, 1.54) is 0 Å². The molecule has 0 spiro atoms. The first-order valence-corrected chi connectivity index (χ1v) is 5.78. The minimum Gasteiger partial charge on any atom is -0.462 e. The summed E-state index contributed by atoms with van der Waals surface area (Å²) in [6.07, 6.45) is 0.767. The molecule has 0 atom stereocenters. The van der Waals surface area contributed by atoms with Gasteiger partial charge in [0.15, 0.2) is 0 Å². The van der Waals surface area contributed by atoms with Gasteiger partial charge >= 0.3 is 5.97 Å². The Morgan fingerprint density at radius 1 is 1.38 bits per heavy atom. The third kappa shape index (κ3) is 4.00. The topological polar surface area (TPSA) is 26.3 Å². The summed E-state index contributed by atoms with van der Waals surface area (Å²) in [5.74, 6) is 6.44. The number of hydrogen-bond donors (Lipinski definition) is 1. The van der Waals surface area contributed by atoms with E-state index in [1.54, 1.807) is 19.1 Å². The summed E-state index contributed by atoms with van der Waals surface area (Å²) in [6.45, 7) is 2.18. The van der Waals surface area contributed by atoms with Gasteiger partial charge in [-0.15, -0.1) is 0 Å². The third-order valence-corrected chi connectivity index (χ3v) is 2.09. The van der Waals surface area contributed by atoms with Crippen molar-refractivity contribution in [2.75, 3.05) is 12.4 Å². The molecule has 0 aliphatic carbocycles. The molecule has 3 heteroatoms. The second kappa shape index (κ2) is 6.97. The van der Waals surface area contributed by atoms with E-state index in [0.29, 0.717) is 12.2 Å². The summed E-state index contributed by atoms with van der Waals surface area (Å²) < 4.78 is 4.88. The van der Waals surface area contributed by atoms with E-state index >= 15 is 0 Å². The fourth-order valence-electron chi connectivity index (χ4n) is 1.12. The second-order valence-electron chi connectivity index (χ2n) is 3.07. The number of carbonyl (C=O) groups is 1. The van der Waals surface area contributed by atoms with E-state index < -0.39 is 0 Å². The van der Waals surface area contributed by atoms with E-state index in [-0.39, 0.29) is 5.97 Å². The van der Waals surface area contributed by atoms with Crippen molar-refractivity contribution in [3.63, 3.8) is 0 Å². The third-order valence-electron chi connectivity index (χ3n) is 1.87. The monoisotopic (exact) mass is 234 g/mol. The van der Waals surface area contributed by atoms with Gasteiger partial charge in [0.2, 0.25) is 0 Å². The summed E-state index contributed by atoms with van der Waals surface area (Å²) in [4.78, 5) is 11.3. The molecule has 0 amide bonds. The van der Waals surface area contributed by atoms with Crippen molar-refractivity contribution < 1.29 is 9.53 Å². The van der Waals surface area contributed by atoms with Crippen LogP contribution in [-0.4, -0.2) is 18.3 Å². The summed E-state index contributed by atoms with van der Waals surface area (Å²) in [7, 11) is 0. The highest BCUT2D eigenvalue weighted by Crippen LogP contribution is 2.05. The summed E-state index contributed by atoms with van der Waals surface area (Å²) >= 11 is 4.07. The van der Waals surface area contributed by atoms with E-state index in [4.69, 9.17) is 4.74 Å². The zero-order valence-electron chi connectivity index (χ0n) is 9.19. The minimum atomic E-state index is -0.294. The zero-order chi connectivity index (χ0) is 11.8. The SMILES string of the molecule is CCOC(=O)c1ccc(C#CCCS)cc1. The molecule has 0 bridgehead atoms. The molecule has 0 aliphatic heterocycles. The van der Waals surface area contributed by atoms with Crippen LogP contribution < -0.4 is 0 Å². The van der Waals surface area contributed by atoms with Crippen LogP contribution in [0.5, 0.6) is 0 Å². The van der Waals surface area contributed by atoms with Crippen LogP contribution in [0.4, 0.5) is 0 Å². The van der Waals surface area contributed by atoms with Gasteiger partial charge in [-0.1, -0.05) is 11.8 Å². The highest BCUT2D eigenvalue weighted by Gasteiger charge is 2.04. The molecule has 84 valence electrons. The fourth-order valence-corrected chi connectivity index (χ4v) is 1.24. The molecule has 16 heavy (non-hydrogen) atoms. The van der Waals surface area contributed by atoms with Crippen molar-refractivity contribution >= 4 is 18.6 Å². The molecule has 1 aromatic carbocycles. The lowest BCUT2D eigenvalue weighted by Gasteiger charge is -2.00. The first-order valence-electron chi connectivity index (χ1n) is 5.15. The average Bonchev–Trinajstić information content (AvgIpc) is 2.30. The van der Waals surface area contributed by atoms with E-state index in [1.807, 2.05) is 12.1 Å². The molecular weight excluding hydrogens is 220 g/mol. The standard InChI is InChI=1S/C13H14O2S/c1-2-15-13(14)12-8-6-11(7-9-12)5-3-4-10-16/h6-9,16H,2,4,10H2,1H3. The average molecular weight is 234 g/mol. The molecule has 0 radical (unpaired) electrons. The Balaban J connectivity index is 2.69. The van der Waals surface area contributed by atoms with Crippen LogP contribution in [0.25, 0.3) is 0 Å². The quantitative estimate of drug-likeness (QED) is 0.494. The summed E-state index contributed by atoms with van der Waals surface area (Å²) in [5.41, 5.74) is 1.46. The smallest absolute Gasteiger partial charge is 0.338 e. The van der Waals surface area contributed by atoms with Gasteiger partial charge in [-0.3, -0.25) is 0 Å². The van der Waals surface area contributed by atoms with Crippen molar-refractivity contribution in [3.05, 3.63) is 35.4 Å². The fraction of sp³-hybridized carbons (Fsp3) is 0.308. The van der Waals surface area contributed by atoms with Crippen LogP contribution in [0.2, 0.25) is 0 Å². The Labute approximate surface area is 101 Å². The number of carbonyl (C=O) groups excluding carboxylic acids is 1. The first-order chi connectivity index (χ1) is 7.77. The van der Waals surface area contributed by atoms with Gasteiger partial charge in [0.05, 0.1) is 12.2 Å². The molecule has 0 aromatic heterocycles. The lowest BCUT2D eigenvalue weighted by atomic mass is 10.1. The van der Waals surface area contributed by atoms with Crippen LogP contribution in [0.3, 0.4) is 0 Å². The lowest BCUT2D eigenvalue weighted by Crippen LogP contribution is -2.04. The van der Waals surface area contributed by atoms with Crippen molar-refractivity contribution in [2.24, 2.45) is 0 Å². The zero-order valence-corrected chi connectivity index (χ0v) is 10.1. The second-order valence-corrected chi connectivity index (χ2v) is 3.52. The normalized spacial score (nSPS) is 9.12. The molecule has 0 saturated carbocycles. The van der Waals surface area contributed by atoms with Gasteiger partial charge in [-0.2, -0.15) is 12.6 Å². The van der Waals surface area contributed by atoms with Crippen LogP contribution in [0.1, 0.15) is 29.3 Å². The molecule has 0 unspecified atom stereocenters. The molecule has 1 rings (SSSR count). The number of thiol groups is 1. The van der Waals surface area contributed by atoms with Gasteiger partial charge < -0.3 is 4.74 Å². The number of ether oxygens (including phenoxy) is 1. The predicted molar refractivity (Wildman–Crippen MR) is 67.7 cm³/mol. The number of benzene rings is 1. The Hall–Kier alpha value is -1.40. The number of rotatable bonds is 3. The maximum Gasteiger partial charge on any atom is 0.338 e. The van der Waals surface area contributed by atoms with Crippen molar-refractivity contribution in [2.45, 2.75) is 13.3 Å². The van der Waals surface area contributed by atoms with E-state index in [0.717, 1.165) is 17.7 Å². The Bertz CT molecular complexity index is 398. The molecule has 0 saturated heterocycles. The largest absolute Gasteiger partial charge is 0.462 e. The Kier molecular flexibility index (Phi) is 5.52. The summed E-state index contributed by atoms with van der Waals surface area (Å²) in [6, 6.07) is 7.08. The Morgan fingerprint density at radius 3 is 2.62 bits per heavy atom. The maximum absolute atomic E-state index is 11.3. The van der Waals surface area contributed by atoms with Crippen LogP contribution in [0, 0.1) is 11.8 Å². The molecule has 2 nitrogen and oxygen atoms in total. The highest BCUT2D eigenvalue weighted by molar-refractivity contribution is 7.80. The number of hydrogen-bond acceptors (Lipinski definition) is 3. The summed E-state index contributed by atoms with van der Waals surface area (Å²) in [5, 5.41) is 0. The van der Waals surface area contributed by atoms with Crippen LogP contribution in [-0.2, 0) is 4.74 Å². The molecule has 0 heterocycles. The van der Waals surface area contributed by atoms with Gasteiger partial charge in [0.1, 0.15) is 0 Å². The van der Waals surface area contributed by atoms with Gasteiger partial charge in [0.25, 0.3) is 0 Å². The molecule has 0 fully saturated rings. The van der Waals surface area contributed by atoms with Gasteiger partial charge in [-0.05, 0) is 31.2 Å². The van der Waals surface area contributed by atoms with E-state index in [2.05, 4.69) is 24.5 Å². The van der Waals surface area contributed by atoms with E-state index in [9.17, 15) is 4.79 Å². The molecule has 1 aromatic rings. The molecular formula is C13H14O2S. The maximum atomic E-state index is 11.3. The van der Waals surface area contributed by atoms with Crippen molar-refractivity contribution in [1.29, 1.82) is 0 Å². The predicted octanol–water partition coefficient (Wildman–Crippen LogP) is 2.53. The molecule has 0 N–H and O–H groups in total. The van der Waals surface area contributed by atoms with Crippen LogP contribution in [0.15, 0.2) is 24.3 Å². The van der Waals surface area contributed by atoms with Crippen molar-refractivity contribution in [3.8, 4) is 11.8 Å². The minimum absolute atomic E-state index is 0.294.